The zero-order valence-electron chi connectivity index (χ0n) is 21.2. The molecule has 0 radical (unpaired) electrons. The SMILES string of the molecule is CC(C)(C)[Si](C)(C)Oc1cccc2c1OCCN2C(=O)c1cc(Cl)c(OCc2ccccc2)c(Cl)c1. The smallest absolute Gasteiger partial charge is 0.258 e. The predicted octanol–water partition coefficient (Wildman–Crippen LogP) is 8.00. The lowest BCUT2D eigenvalue weighted by atomic mass is 10.1. The highest BCUT2D eigenvalue weighted by atomic mass is 35.5. The molecule has 0 fully saturated rings. The summed E-state index contributed by atoms with van der Waals surface area (Å²) in [5.41, 5.74) is 2.03. The summed E-state index contributed by atoms with van der Waals surface area (Å²) >= 11 is 13.0. The number of carbonyl (C=O) groups excluding carboxylic acids is 1. The number of hydrogen-bond acceptors (Lipinski definition) is 4. The second kappa shape index (κ2) is 10.4. The van der Waals surface area contributed by atoms with E-state index in [1.807, 2.05) is 48.5 Å². The molecule has 3 aromatic rings. The first kappa shape index (κ1) is 26.4. The summed E-state index contributed by atoms with van der Waals surface area (Å²) in [6, 6.07) is 18.6. The molecule has 0 saturated carbocycles. The van der Waals surface area contributed by atoms with Gasteiger partial charge in [0.15, 0.2) is 11.5 Å². The van der Waals surface area contributed by atoms with Crippen LogP contribution < -0.4 is 18.8 Å². The molecule has 190 valence electrons. The van der Waals surface area contributed by atoms with Crippen molar-refractivity contribution in [3.8, 4) is 17.2 Å². The summed E-state index contributed by atoms with van der Waals surface area (Å²) < 4.78 is 18.4. The molecule has 36 heavy (non-hydrogen) atoms. The fraction of sp³-hybridized carbons (Fsp3) is 0.321. The first-order chi connectivity index (χ1) is 17.0. The third-order valence-electron chi connectivity index (χ3n) is 6.70. The normalized spacial score (nSPS) is 13.6. The second-order valence-corrected chi connectivity index (χ2v) is 15.9. The van der Waals surface area contributed by atoms with E-state index in [-0.39, 0.29) is 21.0 Å². The molecule has 0 bridgehead atoms. The van der Waals surface area contributed by atoms with Crippen molar-refractivity contribution in [2.75, 3.05) is 18.1 Å². The standard InChI is InChI=1S/C28H31Cl2NO4Si/c1-28(2,3)36(4,5)35-24-13-9-12-23-26(24)33-15-14-31(23)27(32)20-16-21(29)25(22(30)17-20)34-18-19-10-7-6-8-11-19/h6-13,16-17H,14-15,18H2,1-5H3. The summed E-state index contributed by atoms with van der Waals surface area (Å²) in [5, 5.41) is 0.591. The van der Waals surface area contributed by atoms with Crippen molar-refractivity contribution in [3.63, 3.8) is 0 Å². The average Bonchev–Trinajstić information content (AvgIpc) is 2.82. The number of amides is 1. The number of hydrogen-bond donors (Lipinski definition) is 0. The van der Waals surface area contributed by atoms with Gasteiger partial charge >= 0.3 is 0 Å². The number of carbonyl (C=O) groups is 1. The van der Waals surface area contributed by atoms with Crippen LogP contribution in [0.25, 0.3) is 0 Å². The Morgan fingerprint density at radius 3 is 2.33 bits per heavy atom. The Hall–Kier alpha value is -2.67. The highest BCUT2D eigenvalue weighted by molar-refractivity contribution is 6.74. The van der Waals surface area contributed by atoms with Gasteiger partial charge in [0.25, 0.3) is 14.2 Å². The largest absolute Gasteiger partial charge is 0.541 e. The Bertz CT molecular complexity index is 1240. The minimum absolute atomic E-state index is 0.0255. The molecule has 4 rings (SSSR count). The lowest BCUT2D eigenvalue weighted by Crippen LogP contribution is -2.44. The van der Waals surface area contributed by atoms with Crippen LogP contribution in [0.5, 0.6) is 17.2 Å². The number of para-hydroxylation sites is 1. The maximum absolute atomic E-state index is 13.6. The third kappa shape index (κ3) is 5.51. The van der Waals surface area contributed by atoms with E-state index in [1.54, 1.807) is 17.0 Å². The maximum Gasteiger partial charge on any atom is 0.258 e. The molecule has 0 spiro atoms. The van der Waals surface area contributed by atoms with E-state index in [0.717, 1.165) is 5.56 Å². The maximum atomic E-state index is 13.6. The molecule has 5 nitrogen and oxygen atoms in total. The van der Waals surface area contributed by atoms with Gasteiger partial charge in [-0.05, 0) is 48.0 Å². The Morgan fingerprint density at radius 2 is 1.69 bits per heavy atom. The van der Waals surface area contributed by atoms with Gasteiger partial charge in [-0.25, -0.2) is 0 Å². The number of rotatable bonds is 6. The molecule has 3 aromatic carbocycles. The molecular weight excluding hydrogens is 513 g/mol. The molecule has 0 atom stereocenters. The minimum Gasteiger partial charge on any atom is -0.541 e. The van der Waals surface area contributed by atoms with Gasteiger partial charge in [-0.3, -0.25) is 4.79 Å². The number of halogens is 2. The molecule has 0 N–H and O–H groups in total. The van der Waals surface area contributed by atoms with E-state index in [9.17, 15) is 4.79 Å². The summed E-state index contributed by atoms with van der Waals surface area (Å²) in [4.78, 5) is 15.3. The number of benzene rings is 3. The van der Waals surface area contributed by atoms with Crippen LogP contribution in [0.2, 0.25) is 28.2 Å². The highest BCUT2D eigenvalue weighted by Crippen LogP contribution is 2.45. The average molecular weight is 545 g/mol. The van der Waals surface area contributed by atoms with Crippen molar-refractivity contribution in [2.24, 2.45) is 0 Å². The van der Waals surface area contributed by atoms with E-state index in [0.29, 0.717) is 48.3 Å². The van der Waals surface area contributed by atoms with Gasteiger partial charge in [0.1, 0.15) is 19.0 Å². The highest BCUT2D eigenvalue weighted by Gasteiger charge is 2.40. The van der Waals surface area contributed by atoms with Crippen molar-refractivity contribution in [3.05, 3.63) is 81.8 Å². The molecule has 1 aliphatic rings. The summed E-state index contributed by atoms with van der Waals surface area (Å²) in [7, 11) is -2.10. The van der Waals surface area contributed by atoms with Gasteiger partial charge in [-0.2, -0.15) is 0 Å². The van der Waals surface area contributed by atoms with Crippen LogP contribution in [-0.2, 0) is 6.61 Å². The van der Waals surface area contributed by atoms with Crippen molar-refractivity contribution in [1.29, 1.82) is 0 Å². The summed E-state index contributed by atoms with van der Waals surface area (Å²) in [6.07, 6.45) is 0. The fourth-order valence-electron chi connectivity index (χ4n) is 3.65. The zero-order valence-corrected chi connectivity index (χ0v) is 23.7. The van der Waals surface area contributed by atoms with Crippen LogP contribution in [0.4, 0.5) is 5.69 Å². The first-order valence-corrected chi connectivity index (χ1v) is 15.6. The van der Waals surface area contributed by atoms with Crippen LogP contribution in [0, 0.1) is 0 Å². The molecule has 1 heterocycles. The number of fused-ring (bicyclic) bond motifs is 1. The summed E-state index contributed by atoms with van der Waals surface area (Å²) in [5.74, 6) is 1.38. The van der Waals surface area contributed by atoms with Gasteiger partial charge in [0.05, 0.1) is 22.3 Å². The second-order valence-electron chi connectivity index (χ2n) is 10.3. The van der Waals surface area contributed by atoms with E-state index in [2.05, 4.69) is 33.9 Å². The first-order valence-electron chi connectivity index (χ1n) is 11.9. The molecule has 0 unspecified atom stereocenters. The zero-order chi connectivity index (χ0) is 26.1. The predicted molar refractivity (Wildman–Crippen MR) is 149 cm³/mol. The van der Waals surface area contributed by atoms with Crippen LogP contribution in [0.1, 0.15) is 36.7 Å². The van der Waals surface area contributed by atoms with Gasteiger partial charge < -0.3 is 18.8 Å². The van der Waals surface area contributed by atoms with Crippen LogP contribution in [-0.4, -0.2) is 27.4 Å². The van der Waals surface area contributed by atoms with Crippen LogP contribution in [0.3, 0.4) is 0 Å². The molecule has 0 aromatic heterocycles. The fourth-order valence-corrected chi connectivity index (χ4v) is 5.26. The number of anilines is 1. The van der Waals surface area contributed by atoms with Crippen molar-refractivity contribution >= 4 is 43.1 Å². The van der Waals surface area contributed by atoms with Gasteiger partial charge in [-0.1, -0.05) is 80.4 Å². The van der Waals surface area contributed by atoms with E-state index >= 15 is 0 Å². The Balaban J connectivity index is 1.59. The summed E-state index contributed by atoms with van der Waals surface area (Å²) in [6.45, 7) is 12.0. The quantitative estimate of drug-likeness (QED) is 0.295. The molecular formula is C28H31Cl2NO4Si. The third-order valence-corrected chi connectivity index (χ3v) is 11.6. The van der Waals surface area contributed by atoms with Crippen LogP contribution >= 0.6 is 23.2 Å². The molecule has 8 heteroatoms. The Kier molecular flexibility index (Phi) is 7.60. The monoisotopic (exact) mass is 543 g/mol. The minimum atomic E-state index is -2.10. The lowest BCUT2D eigenvalue weighted by Gasteiger charge is -2.38. The molecule has 1 aliphatic heterocycles. The molecule has 0 saturated heterocycles. The number of nitrogens with zero attached hydrogens (tertiary/aromatic N) is 1. The van der Waals surface area contributed by atoms with Gasteiger partial charge in [0.2, 0.25) is 0 Å². The van der Waals surface area contributed by atoms with Crippen molar-refractivity contribution in [1.82, 2.24) is 0 Å². The van der Waals surface area contributed by atoms with E-state index < -0.39 is 8.32 Å². The Morgan fingerprint density at radius 1 is 1.03 bits per heavy atom. The molecule has 0 aliphatic carbocycles. The van der Waals surface area contributed by atoms with Gasteiger partial charge in [0, 0.05) is 5.56 Å². The van der Waals surface area contributed by atoms with Crippen LogP contribution in [0.15, 0.2) is 60.7 Å². The van der Waals surface area contributed by atoms with Gasteiger partial charge in [-0.15, -0.1) is 0 Å². The molecule has 1 amide bonds. The number of ether oxygens (including phenoxy) is 2. The van der Waals surface area contributed by atoms with E-state index in [1.165, 1.54) is 0 Å². The van der Waals surface area contributed by atoms with Crippen molar-refractivity contribution in [2.45, 2.75) is 45.5 Å². The van der Waals surface area contributed by atoms with E-state index in [4.69, 9.17) is 37.1 Å². The Labute approximate surface area is 224 Å². The van der Waals surface area contributed by atoms with Crippen molar-refractivity contribution < 1.29 is 18.7 Å². The topological polar surface area (TPSA) is 48.0 Å². The lowest BCUT2D eigenvalue weighted by molar-refractivity contribution is 0.0976.